The van der Waals surface area contributed by atoms with Gasteiger partial charge in [0, 0.05) is 43.2 Å². The first-order valence-corrected chi connectivity index (χ1v) is 10.6. The minimum Gasteiger partial charge on any atom is -0.344 e. The zero-order valence-electron chi connectivity index (χ0n) is 14.7. The van der Waals surface area contributed by atoms with E-state index in [2.05, 4.69) is 5.16 Å². The smallest absolute Gasteiger partial charge is 0.243 e. The van der Waals surface area contributed by atoms with Crippen molar-refractivity contribution in [2.75, 3.05) is 26.2 Å². The highest BCUT2D eigenvalue weighted by Crippen LogP contribution is 2.22. The van der Waals surface area contributed by atoms with Crippen molar-refractivity contribution in [1.82, 2.24) is 14.4 Å². The molecule has 1 saturated heterocycles. The van der Waals surface area contributed by atoms with Gasteiger partial charge < -0.3 is 9.42 Å². The Bertz CT molecular complexity index is 901. The molecule has 0 spiro atoms. The zero-order chi connectivity index (χ0) is 19.6. The topological polar surface area (TPSA) is 83.7 Å². The Morgan fingerprint density at radius 2 is 1.78 bits per heavy atom. The summed E-state index contributed by atoms with van der Waals surface area (Å²) in [5.74, 6) is -0.0461. The summed E-state index contributed by atoms with van der Waals surface area (Å²) in [6, 6.07) is 6.07. The first-order chi connectivity index (χ1) is 12.8. The molecule has 7 nitrogen and oxygen atoms in total. The fourth-order valence-corrected chi connectivity index (χ4v) is 4.78. The molecule has 0 radical (unpaired) electrons. The van der Waals surface area contributed by atoms with Crippen LogP contribution in [-0.4, -0.2) is 54.9 Å². The molecule has 2 aromatic rings. The normalized spacial score (nSPS) is 15.9. The van der Waals surface area contributed by atoms with E-state index in [1.165, 1.54) is 16.4 Å². The lowest BCUT2D eigenvalue weighted by Crippen LogP contribution is -2.50. The van der Waals surface area contributed by atoms with E-state index in [-0.39, 0.29) is 35.5 Å². The molecular formula is C17H19Cl2N3O4S. The van der Waals surface area contributed by atoms with Gasteiger partial charge in [-0.2, -0.15) is 4.31 Å². The molecule has 146 valence electrons. The van der Waals surface area contributed by atoms with Gasteiger partial charge >= 0.3 is 0 Å². The van der Waals surface area contributed by atoms with E-state index in [0.717, 1.165) is 5.56 Å². The van der Waals surface area contributed by atoms with Crippen molar-refractivity contribution in [3.05, 3.63) is 45.8 Å². The lowest BCUT2D eigenvalue weighted by Gasteiger charge is -2.34. The maximum absolute atomic E-state index is 12.7. The van der Waals surface area contributed by atoms with Gasteiger partial charge in [-0.1, -0.05) is 16.8 Å². The summed E-state index contributed by atoms with van der Waals surface area (Å²) >= 11 is 11.7. The first kappa shape index (κ1) is 20.1. The molecule has 27 heavy (non-hydrogen) atoms. The molecule has 1 aliphatic heterocycles. The molecule has 0 atom stereocenters. The van der Waals surface area contributed by atoms with Gasteiger partial charge in [0.15, 0.2) is 0 Å². The van der Waals surface area contributed by atoms with E-state index >= 15 is 0 Å². The van der Waals surface area contributed by atoms with Gasteiger partial charge in [-0.05, 0) is 49.2 Å². The number of aromatic nitrogens is 1. The average Bonchev–Trinajstić information content (AvgIpc) is 2.98. The fraction of sp³-hybridized carbons (Fsp3) is 0.412. The lowest BCUT2D eigenvalue weighted by atomic mass is 10.1. The number of halogens is 2. The largest absolute Gasteiger partial charge is 0.344 e. The number of hydrogen-bond donors (Lipinski definition) is 0. The van der Waals surface area contributed by atoms with Gasteiger partial charge in [0.25, 0.3) is 0 Å². The summed E-state index contributed by atoms with van der Waals surface area (Å²) < 4.78 is 31.6. The van der Waals surface area contributed by atoms with Crippen LogP contribution in [0.15, 0.2) is 33.7 Å². The number of carbonyl (C=O) groups excluding carboxylic acids is 1. The van der Waals surface area contributed by atoms with Crippen LogP contribution in [0.1, 0.15) is 17.7 Å². The lowest BCUT2D eigenvalue weighted by molar-refractivity contribution is -0.132. The molecule has 0 aliphatic carbocycles. The monoisotopic (exact) mass is 431 g/mol. The van der Waals surface area contributed by atoms with Crippen LogP contribution in [-0.2, 0) is 21.2 Å². The molecule has 0 saturated carbocycles. The minimum atomic E-state index is -3.59. The Hall–Kier alpha value is -1.61. The number of benzene rings is 1. The molecule has 0 bridgehead atoms. The van der Waals surface area contributed by atoms with Gasteiger partial charge in [-0.15, -0.1) is 0 Å². The summed E-state index contributed by atoms with van der Waals surface area (Å²) in [7, 11) is -3.59. The predicted molar refractivity (Wildman–Crippen MR) is 101 cm³/mol. The van der Waals surface area contributed by atoms with E-state index in [4.69, 9.17) is 27.7 Å². The molecule has 2 heterocycles. The van der Waals surface area contributed by atoms with Gasteiger partial charge in [0.1, 0.15) is 0 Å². The predicted octanol–water partition coefficient (Wildman–Crippen LogP) is 2.76. The SMILES string of the molecule is Cc1noc(Cl)c1CCC(=O)N1CCN(S(=O)(=O)c2ccc(Cl)cc2)CC1. The van der Waals surface area contributed by atoms with Crippen molar-refractivity contribution in [3.8, 4) is 0 Å². The number of sulfonamides is 1. The third-order valence-electron chi connectivity index (χ3n) is 4.57. The van der Waals surface area contributed by atoms with E-state index in [0.29, 0.717) is 30.2 Å². The second kappa shape index (κ2) is 8.18. The molecule has 1 aromatic heterocycles. The summed E-state index contributed by atoms with van der Waals surface area (Å²) in [6.45, 7) is 2.98. The molecule has 1 aliphatic rings. The van der Waals surface area contributed by atoms with Crippen LogP contribution in [0, 0.1) is 6.92 Å². The Kier molecular flexibility index (Phi) is 6.10. The highest BCUT2D eigenvalue weighted by Gasteiger charge is 2.30. The van der Waals surface area contributed by atoms with E-state index in [9.17, 15) is 13.2 Å². The standard InChI is InChI=1S/C17H19Cl2N3O4S/c1-12-15(17(19)26-20-12)6-7-16(23)21-8-10-22(11-9-21)27(24,25)14-4-2-13(18)3-5-14/h2-5H,6-11H2,1H3. The number of rotatable bonds is 5. The molecule has 1 amide bonds. The van der Waals surface area contributed by atoms with Crippen molar-refractivity contribution >= 4 is 39.1 Å². The van der Waals surface area contributed by atoms with Crippen molar-refractivity contribution in [2.45, 2.75) is 24.7 Å². The number of piperazine rings is 1. The van der Waals surface area contributed by atoms with Crippen molar-refractivity contribution in [3.63, 3.8) is 0 Å². The number of amides is 1. The van der Waals surface area contributed by atoms with Crippen molar-refractivity contribution in [1.29, 1.82) is 0 Å². The van der Waals surface area contributed by atoms with Crippen LogP contribution in [0.3, 0.4) is 0 Å². The molecule has 1 fully saturated rings. The molecule has 10 heteroatoms. The van der Waals surface area contributed by atoms with Crippen molar-refractivity contribution in [2.24, 2.45) is 0 Å². The minimum absolute atomic E-state index is 0.0461. The number of carbonyl (C=O) groups is 1. The van der Waals surface area contributed by atoms with Crippen LogP contribution in [0.2, 0.25) is 10.2 Å². The summed E-state index contributed by atoms with van der Waals surface area (Å²) in [6.07, 6.45) is 0.710. The third kappa shape index (κ3) is 4.45. The third-order valence-corrected chi connectivity index (χ3v) is 7.03. The Labute approximate surface area is 167 Å². The Balaban J connectivity index is 1.56. The van der Waals surface area contributed by atoms with Crippen molar-refractivity contribution < 1.29 is 17.7 Å². The number of aryl methyl sites for hydroxylation is 1. The Morgan fingerprint density at radius 1 is 1.15 bits per heavy atom. The average molecular weight is 432 g/mol. The highest BCUT2D eigenvalue weighted by molar-refractivity contribution is 7.89. The van der Waals surface area contributed by atoms with Gasteiger partial charge in [0.2, 0.25) is 21.1 Å². The maximum atomic E-state index is 12.7. The molecular weight excluding hydrogens is 413 g/mol. The molecule has 1 aromatic carbocycles. The Morgan fingerprint density at radius 3 is 2.33 bits per heavy atom. The van der Waals surface area contributed by atoms with Crippen LogP contribution >= 0.6 is 23.2 Å². The number of nitrogens with zero attached hydrogens (tertiary/aromatic N) is 3. The van der Waals surface area contributed by atoms with Crippen LogP contribution in [0.4, 0.5) is 0 Å². The maximum Gasteiger partial charge on any atom is 0.243 e. The van der Waals surface area contributed by atoms with E-state index in [1.54, 1.807) is 24.0 Å². The second-order valence-corrected chi connectivity index (χ2v) is 8.98. The quantitative estimate of drug-likeness (QED) is 0.726. The summed E-state index contributed by atoms with van der Waals surface area (Å²) in [4.78, 5) is 14.3. The second-order valence-electron chi connectivity index (χ2n) is 6.26. The zero-order valence-corrected chi connectivity index (χ0v) is 17.0. The highest BCUT2D eigenvalue weighted by atomic mass is 35.5. The van der Waals surface area contributed by atoms with Crippen LogP contribution in [0.5, 0.6) is 0 Å². The number of hydrogen-bond acceptors (Lipinski definition) is 5. The van der Waals surface area contributed by atoms with Gasteiger partial charge in [-0.3, -0.25) is 4.79 Å². The van der Waals surface area contributed by atoms with E-state index < -0.39 is 10.0 Å². The molecule has 3 rings (SSSR count). The fourth-order valence-electron chi connectivity index (χ4n) is 2.96. The summed E-state index contributed by atoms with van der Waals surface area (Å²) in [5.41, 5.74) is 1.40. The van der Waals surface area contributed by atoms with Crippen LogP contribution < -0.4 is 0 Å². The van der Waals surface area contributed by atoms with Gasteiger partial charge in [0.05, 0.1) is 10.6 Å². The van der Waals surface area contributed by atoms with E-state index in [1.807, 2.05) is 0 Å². The molecule has 0 N–H and O–H groups in total. The first-order valence-electron chi connectivity index (χ1n) is 8.43. The molecule has 0 unspecified atom stereocenters. The summed E-state index contributed by atoms with van der Waals surface area (Å²) in [5, 5.41) is 4.45. The van der Waals surface area contributed by atoms with Gasteiger partial charge in [-0.25, -0.2) is 8.42 Å². The van der Waals surface area contributed by atoms with Crippen LogP contribution in [0.25, 0.3) is 0 Å².